The molecule has 0 radical (unpaired) electrons. The molecule has 0 aliphatic carbocycles. The summed E-state index contributed by atoms with van der Waals surface area (Å²) in [5.74, 6) is 1.47. The van der Waals surface area contributed by atoms with Crippen LogP contribution in [0, 0.1) is 0 Å². The number of ether oxygens (including phenoxy) is 5. The number of aryl methyl sites for hydroxylation is 1. The summed E-state index contributed by atoms with van der Waals surface area (Å²) >= 11 is 0. The molecule has 0 saturated heterocycles. The molecule has 0 amide bonds. The van der Waals surface area contributed by atoms with Gasteiger partial charge in [-0.2, -0.15) is 0 Å². The van der Waals surface area contributed by atoms with Crippen LogP contribution in [-0.4, -0.2) is 56.9 Å². The molecule has 0 unspecified atom stereocenters. The van der Waals surface area contributed by atoms with Crippen LogP contribution < -0.4 is 14.2 Å². The van der Waals surface area contributed by atoms with Gasteiger partial charge in [0.15, 0.2) is 0 Å². The van der Waals surface area contributed by atoms with Crippen molar-refractivity contribution in [3.05, 3.63) is 88.5 Å². The Morgan fingerprint density at radius 2 is 0.862 bits per heavy atom. The fourth-order valence-corrected chi connectivity index (χ4v) is 7.03. The van der Waals surface area contributed by atoms with Crippen LogP contribution in [0.15, 0.2) is 65.8 Å². The van der Waals surface area contributed by atoms with Gasteiger partial charge in [-0.3, -0.25) is 0 Å². The molecule has 9 nitrogen and oxygen atoms in total. The highest BCUT2D eigenvalue weighted by Crippen LogP contribution is 2.29. The minimum atomic E-state index is -0.447. The van der Waals surface area contributed by atoms with E-state index in [4.69, 9.17) is 23.7 Å². The third kappa shape index (κ3) is 18.4. The number of methoxy groups -OCH3 is 2. The lowest BCUT2D eigenvalue weighted by atomic mass is 9.92. The molecule has 0 bridgehead atoms. The first-order valence-electron chi connectivity index (χ1n) is 22.1. The Kier molecular flexibility index (Phi) is 24.5. The lowest BCUT2D eigenvalue weighted by molar-refractivity contribution is 0.0592. The topological polar surface area (TPSA) is 113 Å². The zero-order valence-corrected chi connectivity index (χ0v) is 36.0. The van der Waals surface area contributed by atoms with E-state index in [0.29, 0.717) is 54.2 Å². The second-order valence-electron chi connectivity index (χ2n) is 15.2. The number of nitrogens with zero attached hydrogens (tertiary/aromatic N) is 1. The number of carbonyl (C=O) groups is 2. The highest BCUT2D eigenvalue weighted by atomic mass is 16.5. The molecule has 3 aromatic rings. The van der Waals surface area contributed by atoms with Crippen molar-refractivity contribution in [1.82, 2.24) is 0 Å². The Balaban J connectivity index is 1.53. The number of rotatable bonds is 32. The van der Waals surface area contributed by atoms with Crippen LogP contribution in [0.5, 0.6) is 17.2 Å². The monoisotopic (exact) mass is 802 g/mol. The number of benzene rings is 3. The minimum Gasteiger partial charge on any atom is -0.493 e. The predicted octanol–water partition coefficient (Wildman–Crippen LogP) is 12.7. The number of hydrogen-bond acceptors (Lipinski definition) is 9. The van der Waals surface area contributed by atoms with Crippen molar-refractivity contribution in [3.63, 3.8) is 0 Å². The molecule has 9 heteroatoms. The van der Waals surface area contributed by atoms with Gasteiger partial charge in [-0.25, -0.2) is 9.59 Å². The van der Waals surface area contributed by atoms with E-state index in [1.807, 2.05) is 18.2 Å². The summed E-state index contributed by atoms with van der Waals surface area (Å²) in [4.78, 5) is 24.3. The average molecular weight is 802 g/mol. The number of esters is 2. The quantitative estimate of drug-likeness (QED) is 0.0218. The summed E-state index contributed by atoms with van der Waals surface area (Å²) in [6, 6.07) is 17.9. The van der Waals surface area contributed by atoms with E-state index in [2.05, 4.69) is 19.0 Å². The van der Waals surface area contributed by atoms with Gasteiger partial charge in [-0.1, -0.05) is 140 Å². The fraction of sp³-hybridized carbons (Fsp3) is 0.571. The fourth-order valence-electron chi connectivity index (χ4n) is 7.03. The van der Waals surface area contributed by atoms with Crippen molar-refractivity contribution in [2.45, 2.75) is 149 Å². The first kappa shape index (κ1) is 47.8. The second kappa shape index (κ2) is 29.6. The Labute approximate surface area is 348 Å². The average Bonchev–Trinajstić information content (AvgIpc) is 3.25. The van der Waals surface area contributed by atoms with Crippen LogP contribution in [0.1, 0.15) is 180 Å². The van der Waals surface area contributed by atoms with Crippen molar-refractivity contribution >= 4 is 17.7 Å². The zero-order valence-electron chi connectivity index (χ0n) is 36.0. The molecule has 0 aliphatic heterocycles. The maximum atomic E-state index is 12.4. The van der Waals surface area contributed by atoms with E-state index in [-0.39, 0.29) is 0 Å². The summed E-state index contributed by atoms with van der Waals surface area (Å²) < 4.78 is 28.4. The minimum absolute atomic E-state index is 0.349. The molecule has 0 spiro atoms. The molecule has 58 heavy (non-hydrogen) atoms. The molecule has 0 atom stereocenters. The SMILES string of the molecule is CCCCCCCCCCOc1cc(OCCCCCCCCCC)cc(OCCCCCCc2cc(C(=O)OC)ccc2/C(=N/O)c2ccc(C(=O)OC)cc2)c1. The standard InChI is InChI=1S/C49H71NO8/c1-5-7-9-11-13-15-18-22-32-56-43-36-44(57-33-23-19-16-14-12-10-8-6-2)38-45(37-43)58-34-24-20-17-21-25-41-35-42(49(52)55-4)30-31-46(41)47(50-53)39-26-28-40(29-27-39)48(51)54-3/h26-31,35-38,53H,5-25,32-34H2,1-4H3/b50-47+. The third-order valence-corrected chi connectivity index (χ3v) is 10.5. The van der Waals surface area contributed by atoms with Crippen LogP contribution in [0.25, 0.3) is 0 Å². The zero-order chi connectivity index (χ0) is 41.6. The van der Waals surface area contributed by atoms with Crippen LogP contribution in [0.3, 0.4) is 0 Å². The smallest absolute Gasteiger partial charge is 0.337 e. The van der Waals surface area contributed by atoms with Crippen molar-refractivity contribution in [3.8, 4) is 17.2 Å². The highest BCUT2D eigenvalue weighted by molar-refractivity contribution is 6.14. The summed E-state index contributed by atoms with van der Waals surface area (Å²) in [7, 11) is 2.69. The molecule has 3 aromatic carbocycles. The lowest BCUT2D eigenvalue weighted by Crippen LogP contribution is -2.11. The summed E-state index contributed by atoms with van der Waals surface area (Å²) in [6.45, 7) is 6.46. The maximum Gasteiger partial charge on any atom is 0.337 e. The van der Waals surface area contributed by atoms with E-state index in [1.54, 1.807) is 42.5 Å². The summed E-state index contributed by atoms with van der Waals surface area (Å²) in [5.41, 5.74) is 3.37. The van der Waals surface area contributed by atoms with Gasteiger partial charge in [0.2, 0.25) is 0 Å². The van der Waals surface area contributed by atoms with E-state index < -0.39 is 11.9 Å². The number of hydrogen-bond donors (Lipinski definition) is 1. The Morgan fingerprint density at radius 3 is 1.29 bits per heavy atom. The van der Waals surface area contributed by atoms with Crippen LogP contribution in [-0.2, 0) is 15.9 Å². The van der Waals surface area contributed by atoms with Crippen molar-refractivity contribution in [2.24, 2.45) is 5.16 Å². The molecule has 0 saturated carbocycles. The normalized spacial score (nSPS) is 11.3. The van der Waals surface area contributed by atoms with Crippen molar-refractivity contribution in [1.29, 1.82) is 0 Å². The second-order valence-corrected chi connectivity index (χ2v) is 15.2. The van der Waals surface area contributed by atoms with Gasteiger partial charge >= 0.3 is 11.9 Å². The molecule has 1 N–H and O–H groups in total. The molecule has 0 heterocycles. The van der Waals surface area contributed by atoms with Gasteiger partial charge in [0.05, 0.1) is 45.2 Å². The van der Waals surface area contributed by atoms with Crippen LogP contribution >= 0.6 is 0 Å². The third-order valence-electron chi connectivity index (χ3n) is 10.5. The van der Waals surface area contributed by atoms with Gasteiger partial charge in [0, 0.05) is 29.3 Å². The van der Waals surface area contributed by atoms with Crippen LogP contribution in [0.2, 0.25) is 0 Å². The van der Waals surface area contributed by atoms with Crippen molar-refractivity contribution in [2.75, 3.05) is 34.0 Å². The van der Waals surface area contributed by atoms with Crippen LogP contribution in [0.4, 0.5) is 0 Å². The molecule has 0 aliphatic rings. The van der Waals surface area contributed by atoms with Crippen molar-refractivity contribution < 1.29 is 38.5 Å². The van der Waals surface area contributed by atoms with E-state index in [0.717, 1.165) is 61.3 Å². The molecular formula is C49H71NO8. The summed E-state index contributed by atoms with van der Waals surface area (Å²) in [6.07, 6.45) is 24.5. The first-order valence-corrected chi connectivity index (χ1v) is 22.1. The van der Waals surface area contributed by atoms with E-state index >= 15 is 0 Å². The van der Waals surface area contributed by atoms with Gasteiger partial charge in [-0.05, 0) is 61.9 Å². The highest BCUT2D eigenvalue weighted by Gasteiger charge is 2.17. The van der Waals surface area contributed by atoms with Gasteiger partial charge < -0.3 is 28.9 Å². The van der Waals surface area contributed by atoms with E-state index in [1.165, 1.54) is 104 Å². The molecule has 0 fully saturated rings. The molecule has 320 valence electrons. The Bertz CT molecular complexity index is 1580. The van der Waals surface area contributed by atoms with E-state index in [9.17, 15) is 14.8 Å². The first-order chi connectivity index (χ1) is 28.4. The molecular weight excluding hydrogens is 731 g/mol. The summed E-state index contributed by atoms with van der Waals surface area (Å²) in [5, 5.41) is 13.7. The predicted molar refractivity (Wildman–Crippen MR) is 233 cm³/mol. The Morgan fingerprint density at radius 1 is 0.483 bits per heavy atom. The largest absolute Gasteiger partial charge is 0.493 e. The Hall–Kier alpha value is -4.53. The number of oxime groups is 1. The van der Waals surface area contributed by atoms with Gasteiger partial charge in [-0.15, -0.1) is 0 Å². The molecule has 3 rings (SSSR count). The maximum absolute atomic E-state index is 12.4. The lowest BCUT2D eigenvalue weighted by Gasteiger charge is -2.14. The van der Waals surface area contributed by atoms with Gasteiger partial charge in [0.25, 0.3) is 0 Å². The van der Waals surface area contributed by atoms with Gasteiger partial charge in [0.1, 0.15) is 23.0 Å². The number of carbonyl (C=O) groups excluding carboxylic acids is 2. The number of unbranched alkanes of at least 4 members (excludes halogenated alkanes) is 17. The molecule has 0 aromatic heterocycles.